The van der Waals surface area contributed by atoms with Crippen molar-refractivity contribution >= 4 is 17.5 Å². The van der Waals surface area contributed by atoms with Crippen LogP contribution >= 0.6 is 0 Å². The van der Waals surface area contributed by atoms with Crippen LogP contribution in [0.5, 0.6) is 11.5 Å². The fraction of sp³-hybridized carbons (Fsp3) is 0.292. The molecule has 0 saturated carbocycles. The lowest BCUT2D eigenvalue weighted by Crippen LogP contribution is -2.64. The molecule has 1 aromatic heterocycles. The number of anilines is 1. The minimum absolute atomic E-state index is 0.230. The van der Waals surface area contributed by atoms with Gasteiger partial charge in [-0.2, -0.15) is 5.10 Å². The highest BCUT2D eigenvalue weighted by molar-refractivity contribution is 6.11. The number of carbonyl (C=O) groups excluding carboxylic acids is 2. The van der Waals surface area contributed by atoms with E-state index < -0.39 is 5.54 Å². The molecule has 1 N–H and O–H groups in total. The Hall–Kier alpha value is -3.81. The van der Waals surface area contributed by atoms with Gasteiger partial charge in [-0.15, -0.1) is 0 Å². The van der Waals surface area contributed by atoms with Gasteiger partial charge in [0.05, 0.1) is 26.5 Å². The molecule has 1 atom stereocenters. The number of aryl methyl sites for hydroxylation is 1. The topological polar surface area (TPSA) is 85.7 Å². The van der Waals surface area contributed by atoms with Crippen molar-refractivity contribution in [2.45, 2.75) is 32.5 Å². The maximum atomic E-state index is 13.5. The van der Waals surface area contributed by atoms with Gasteiger partial charge in [0.25, 0.3) is 5.91 Å². The van der Waals surface area contributed by atoms with E-state index >= 15 is 0 Å². The Bertz CT molecular complexity index is 1160. The number of aromatic nitrogens is 2. The number of nitrogens with one attached hydrogen (secondary N) is 1. The van der Waals surface area contributed by atoms with Crippen molar-refractivity contribution < 1.29 is 19.1 Å². The first kappa shape index (κ1) is 21.4. The second-order valence-corrected chi connectivity index (χ2v) is 7.98. The molecule has 0 radical (unpaired) electrons. The molecule has 8 heteroatoms. The van der Waals surface area contributed by atoms with E-state index in [2.05, 4.69) is 10.4 Å². The maximum Gasteiger partial charge on any atom is 0.277 e. The predicted octanol–water partition coefficient (Wildman–Crippen LogP) is 2.94. The van der Waals surface area contributed by atoms with Gasteiger partial charge in [0.15, 0.2) is 0 Å². The summed E-state index contributed by atoms with van der Waals surface area (Å²) in [5, 5.41) is 7.42. The van der Waals surface area contributed by atoms with Crippen LogP contribution < -0.4 is 19.7 Å². The number of carbonyl (C=O) groups is 2. The maximum absolute atomic E-state index is 13.5. The number of hydrogen-bond donors (Lipinski definition) is 1. The lowest BCUT2D eigenvalue weighted by atomic mass is 9.93. The fourth-order valence-electron chi connectivity index (χ4n) is 3.98. The van der Waals surface area contributed by atoms with Crippen molar-refractivity contribution in [1.82, 2.24) is 15.1 Å². The molecule has 1 aliphatic heterocycles. The van der Waals surface area contributed by atoms with Gasteiger partial charge in [0.1, 0.15) is 22.7 Å². The Morgan fingerprint density at radius 1 is 1.09 bits per heavy atom. The van der Waals surface area contributed by atoms with E-state index in [-0.39, 0.29) is 18.4 Å². The summed E-state index contributed by atoms with van der Waals surface area (Å²) in [6.07, 6.45) is 0. The summed E-state index contributed by atoms with van der Waals surface area (Å²) < 4.78 is 12.1. The Labute approximate surface area is 186 Å². The Morgan fingerprint density at radius 3 is 2.50 bits per heavy atom. The average molecular weight is 434 g/mol. The summed E-state index contributed by atoms with van der Waals surface area (Å²) in [5.41, 5.74) is 1.49. The van der Waals surface area contributed by atoms with Crippen molar-refractivity contribution in [2.75, 3.05) is 19.1 Å². The Kier molecular flexibility index (Phi) is 5.61. The first-order chi connectivity index (χ1) is 15.4. The lowest BCUT2D eigenvalue weighted by molar-refractivity contribution is -0.126. The zero-order chi connectivity index (χ0) is 22.9. The molecular weight excluding hydrogens is 408 g/mol. The van der Waals surface area contributed by atoms with Gasteiger partial charge in [-0.25, -0.2) is 0 Å². The molecule has 0 bridgehead atoms. The van der Waals surface area contributed by atoms with Crippen LogP contribution in [0.1, 0.15) is 28.7 Å². The number of amides is 2. The fourth-order valence-corrected chi connectivity index (χ4v) is 3.98. The van der Waals surface area contributed by atoms with Gasteiger partial charge in [-0.05, 0) is 49.7 Å². The average Bonchev–Trinajstić information content (AvgIpc) is 3.18. The first-order valence-electron chi connectivity index (χ1n) is 10.3. The second-order valence-electron chi connectivity index (χ2n) is 7.98. The van der Waals surface area contributed by atoms with E-state index in [9.17, 15) is 9.59 Å². The third kappa shape index (κ3) is 3.79. The van der Waals surface area contributed by atoms with E-state index in [0.717, 1.165) is 17.0 Å². The molecular formula is C24H26N4O4. The number of ether oxygens (including phenoxy) is 2. The molecule has 1 aliphatic rings. The third-order valence-corrected chi connectivity index (χ3v) is 5.69. The van der Waals surface area contributed by atoms with Gasteiger partial charge >= 0.3 is 0 Å². The molecule has 2 aromatic carbocycles. The Balaban J connectivity index is 1.68. The second kappa shape index (κ2) is 8.37. The van der Waals surface area contributed by atoms with Crippen LogP contribution in [0.25, 0.3) is 0 Å². The third-order valence-electron chi connectivity index (χ3n) is 5.69. The van der Waals surface area contributed by atoms with Crippen LogP contribution in [0.2, 0.25) is 0 Å². The van der Waals surface area contributed by atoms with Crippen molar-refractivity contribution in [3.05, 3.63) is 71.5 Å². The van der Waals surface area contributed by atoms with Gasteiger partial charge in [-0.3, -0.25) is 19.2 Å². The molecule has 166 valence electrons. The standard InChI is InChI=1S/C24H26N4O4/c1-16-12-21-22(29)28(18-6-5-7-20(13-18)32-4)24(2,15-27(21)26-16)23(30)25-14-17-8-10-19(31-3)11-9-17/h5-13H,14-15H2,1-4H3,(H,25,30)/t24-/m0/s1. The number of methoxy groups -OCH3 is 2. The molecule has 3 aromatic rings. The minimum atomic E-state index is -1.19. The Morgan fingerprint density at radius 2 is 1.81 bits per heavy atom. The number of hydrogen-bond acceptors (Lipinski definition) is 5. The molecule has 2 heterocycles. The highest BCUT2D eigenvalue weighted by Crippen LogP contribution is 2.34. The van der Waals surface area contributed by atoms with Crippen LogP contribution in [0.15, 0.2) is 54.6 Å². The monoisotopic (exact) mass is 434 g/mol. The number of fused-ring (bicyclic) bond motifs is 1. The van der Waals surface area contributed by atoms with E-state index in [4.69, 9.17) is 9.47 Å². The van der Waals surface area contributed by atoms with Crippen molar-refractivity contribution in [3.8, 4) is 11.5 Å². The van der Waals surface area contributed by atoms with Gasteiger partial charge in [0.2, 0.25) is 5.91 Å². The predicted molar refractivity (Wildman–Crippen MR) is 120 cm³/mol. The summed E-state index contributed by atoms with van der Waals surface area (Å²) >= 11 is 0. The van der Waals surface area contributed by atoms with E-state index in [1.165, 1.54) is 4.90 Å². The lowest BCUT2D eigenvalue weighted by Gasteiger charge is -2.43. The van der Waals surface area contributed by atoms with Gasteiger partial charge in [-0.1, -0.05) is 18.2 Å². The van der Waals surface area contributed by atoms with E-state index in [1.807, 2.05) is 31.2 Å². The van der Waals surface area contributed by atoms with Crippen molar-refractivity contribution in [2.24, 2.45) is 0 Å². The van der Waals surface area contributed by atoms with Crippen molar-refractivity contribution in [1.29, 1.82) is 0 Å². The van der Waals surface area contributed by atoms with Crippen LogP contribution in [0.3, 0.4) is 0 Å². The SMILES string of the molecule is COc1ccc(CNC(=O)[C@]2(C)Cn3nc(C)cc3C(=O)N2c2cccc(OC)c2)cc1. The zero-order valence-electron chi connectivity index (χ0n) is 18.6. The van der Waals surface area contributed by atoms with E-state index in [1.54, 1.807) is 56.2 Å². The van der Waals surface area contributed by atoms with Crippen LogP contribution in [0.4, 0.5) is 5.69 Å². The first-order valence-corrected chi connectivity index (χ1v) is 10.3. The van der Waals surface area contributed by atoms with Crippen LogP contribution in [-0.2, 0) is 17.9 Å². The molecule has 8 nitrogen and oxygen atoms in total. The molecule has 0 aliphatic carbocycles. The number of nitrogens with zero attached hydrogens (tertiary/aromatic N) is 3. The largest absolute Gasteiger partial charge is 0.497 e. The molecule has 32 heavy (non-hydrogen) atoms. The summed E-state index contributed by atoms with van der Waals surface area (Å²) in [7, 11) is 3.17. The van der Waals surface area contributed by atoms with Crippen LogP contribution in [-0.4, -0.2) is 41.4 Å². The molecule has 0 unspecified atom stereocenters. The zero-order valence-corrected chi connectivity index (χ0v) is 18.6. The van der Waals surface area contributed by atoms with Crippen molar-refractivity contribution in [3.63, 3.8) is 0 Å². The molecule has 0 saturated heterocycles. The highest BCUT2D eigenvalue weighted by atomic mass is 16.5. The minimum Gasteiger partial charge on any atom is -0.497 e. The summed E-state index contributed by atoms with van der Waals surface area (Å²) in [6.45, 7) is 4.14. The summed E-state index contributed by atoms with van der Waals surface area (Å²) in [6, 6.07) is 16.4. The van der Waals surface area contributed by atoms with Crippen LogP contribution in [0, 0.1) is 6.92 Å². The highest BCUT2D eigenvalue weighted by Gasteiger charge is 2.48. The smallest absolute Gasteiger partial charge is 0.277 e. The summed E-state index contributed by atoms with van der Waals surface area (Å²) in [5.74, 6) is 0.790. The van der Waals surface area contributed by atoms with Gasteiger partial charge in [0, 0.05) is 18.3 Å². The molecule has 2 amide bonds. The summed E-state index contributed by atoms with van der Waals surface area (Å²) in [4.78, 5) is 28.6. The molecule has 4 rings (SSSR count). The molecule has 0 fully saturated rings. The van der Waals surface area contributed by atoms with Gasteiger partial charge < -0.3 is 14.8 Å². The molecule has 0 spiro atoms. The normalized spacial score (nSPS) is 17.6. The quantitative estimate of drug-likeness (QED) is 0.645. The number of benzene rings is 2. The number of rotatable bonds is 6. The van der Waals surface area contributed by atoms with E-state index in [0.29, 0.717) is 23.7 Å².